The van der Waals surface area contributed by atoms with E-state index in [1.807, 2.05) is 27.7 Å². The van der Waals surface area contributed by atoms with Crippen LogP contribution in [0.25, 0.3) is 0 Å². The molecule has 0 aromatic heterocycles. The van der Waals surface area contributed by atoms with Crippen LogP contribution in [0, 0.1) is 0 Å². The minimum Gasteiger partial charge on any atom is -0.460 e. The summed E-state index contributed by atoms with van der Waals surface area (Å²) in [6.45, 7) is 8.17. The summed E-state index contributed by atoms with van der Waals surface area (Å²) in [6, 6.07) is 0. The molecule has 0 rings (SSSR count). The van der Waals surface area contributed by atoms with Gasteiger partial charge in [0.05, 0.1) is 12.7 Å². The van der Waals surface area contributed by atoms with Gasteiger partial charge in [0.1, 0.15) is 5.60 Å². The summed E-state index contributed by atoms with van der Waals surface area (Å²) in [4.78, 5) is 11.3. The molecule has 0 heterocycles. The van der Waals surface area contributed by atoms with Gasteiger partial charge in [0, 0.05) is 13.0 Å². The van der Waals surface area contributed by atoms with Crippen molar-refractivity contribution in [1.29, 1.82) is 0 Å². The topological polar surface area (TPSA) is 55.8 Å². The molecule has 0 radical (unpaired) electrons. The number of ether oxygens (including phenoxy) is 2. The Morgan fingerprint density at radius 3 is 2.47 bits per heavy atom. The molecule has 0 bridgehead atoms. The zero-order valence-corrected chi connectivity index (χ0v) is 10.1. The number of hydrogen-bond donors (Lipinski definition) is 1. The van der Waals surface area contributed by atoms with Crippen LogP contribution in [0.2, 0.25) is 0 Å². The SMILES string of the molecule is CCOCC(O)CCC(=O)OC(C)(C)C. The molecule has 0 aliphatic carbocycles. The van der Waals surface area contributed by atoms with Crippen LogP contribution >= 0.6 is 0 Å². The average molecular weight is 218 g/mol. The van der Waals surface area contributed by atoms with Gasteiger partial charge in [-0.15, -0.1) is 0 Å². The fourth-order valence-corrected chi connectivity index (χ4v) is 1.01. The summed E-state index contributed by atoms with van der Waals surface area (Å²) in [5.41, 5.74) is -0.456. The maximum absolute atomic E-state index is 11.3. The number of esters is 1. The van der Waals surface area contributed by atoms with E-state index in [0.717, 1.165) is 0 Å². The van der Waals surface area contributed by atoms with E-state index in [1.165, 1.54) is 0 Å². The second kappa shape index (κ2) is 6.80. The van der Waals surface area contributed by atoms with Crippen molar-refractivity contribution >= 4 is 5.97 Å². The Balaban J connectivity index is 3.62. The van der Waals surface area contributed by atoms with Gasteiger partial charge in [-0.3, -0.25) is 4.79 Å². The minimum absolute atomic E-state index is 0.228. The first-order valence-electron chi connectivity index (χ1n) is 5.33. The standard InChI is InChI=1S/C11H22O4/c1-5-14-8-9(12)6-7-10(13)15-11(2,3)4/h9,12H,5-8H2,1-4H3. The van der Waals surface area contributed by atoms with Gasteiger partial charge in [0.25, 0.3) is 0 Å². The van der Waals surface area contributed by atoms with Crippen LogP contribution in [0.15, 0.2) is 0 Å². The third kappa shape index (κ3) is 9.69. The number of rotatable bonds is 6. The van der Waals surface area contributed by atoms with Crippen molar-refractivity contribution in [2.24, 2.45) is 0 Å². The Morgan fingerprint density at radius 2 is 2.00 bits per heavy atom. The van der Waals surface area contributed by atoms with Crippen LogP contribution in [0.1, 0.15) is 40.5 Å². The number of aliphatic hydroxyl groups excluding tert-OH is 1. The van der Waals surface area contributed by atoms with Crippen LogP contribution < -0.4 is 0 Å². The Morgan fingerprint density at radius 1 is 1.40 bits per heavy atom. The summed E-state index contributed by atoms with van der Waals surface area (Å²) >= 11 is 0. The van der Waals surface area contributed by atoms with Crippen molar-refractivity contribution in [2.45, 2.75) is 52.2 Å². The van der Waals surface area contributed by atoms with Gasteiger partial charge in [0.2, 0.25) is 0 Å². The first kappa shape index (κ1) is 14.4. The van der Waals surface area contributed by atoms with Gasteiger partial charge in [-0.05, 0) is 34.1 Å². The first-order valence-corrected chi connectivity index (χ1v) is 5.33. The fourth-order valence-electron chi connectivity index (χ4n) is 1.01. The predicted octanol–water partition coefficient (Wildman–Crippen LogP) is 1.51. The normalized spacial score (nSPS) is 13.7. The summed E-state index contributed by atoms with van der Waals surface area (Å²) in [7, 11) is 0. The second-order valence-electron chi connectivity index (χ2n) is 4.44. The smallest absolute Gasteiger partial charge is 0.306 e. The fraction of sp³-hybridized carbons (Fsp3) is 0.909. The van der Waals surface area contributed by atoms with Gasteiger partial charge in [-0.25, -0.2) is 0 Å². The molecule has 0 aromatic rings. The summed E-state index contributed by atoms with van der Waals surface area (Å²) in [6.07, 6.45) is 0.0259. The monoisotopic (exact) mass is 218 g/mol. The van der Waals surface area contributed by atoms with Crippen LogP contribution in [0.4, 0.5) is 0 Å². The van der Waals surface area contributed by atoms with E-state index < -0.39 is 11.7 Å². The van der Waals surface area contributed by atoms with Crippen LogP contribution in [-0.2, 0) is 14.3 Å². The zero-order valence-electron chi connectivity index (χ0n) is 10.1. The molecule has 0 spiro atoms. The molecule has 0 amide bonds. The molecule has 0 saturated heterocycles. The molecule has 0 aromatic carbocycles. The molecule has 1 unspecified atom stereocenters. The van der Waals surface area contributed by atoms with E-state index in [4.69, 9.17) is 9.47 Å². The molecular weight excluding hydrogens is 196 g/mol. The Kier molecular flexibility index (Phi) is 6.52. The molecule has 0 fully saturated rings. The molecule has 15 heavy (non-hydrogen) atoms. The number of aliphatic hydroxyl groups is 1. The maximum atomic E-state index is 11.3. The van der Waals surface area contributed by atoms with Crippen molar-refractivity contribution in [1.82, 2.24) is 0 Å². The van der Waals surface area contributed by atoms with E-state index in [0.29, 0.717) is 13.0 Å². The van der Waals surface area contributed by atoms with Gasteiger partial charge in [0.15, 0.2) is 0 Å². The molecule has 90 valence electrons. The molecule has 0 aliphatic rings. The molecule has 0 saturated carbocycles. The quantitative estimate of drug-likeness (QED) is 0.686. The third-order valence-electron chi connectivity index (χ3n) is 1.62. The number of carbonyl (C=O) groups excluding carboxylic acids is 1. The van der Waals surface area contributed by atoms with Crippen LogP contribution in [-0.4, -0.2) is 36.0 Å². The first-order chi connectivity index (χ1) is 6.85. The summed E-state index contributed by atoms with van der Waals surface area (Å²) < 4.78 is 10.1. The predicted molar refractivity (Wildman–Crippen MR) is 57.6 cm³/mol. The number of hydrogen-bond acceptors (Lipinski definition) is 4. The van der Waals surface area contributed by atoms with Crippen molar-refractivity contribution < 1.29 is 19.4 Å². The molecule has 1 N–H and O–H groups in total. The highest BCUT2D eigenvalue weighted by atomic mass is 16.6. The molecular formula is C11H22O4. The van der Waals surface area contributed by atoms with E-state index in [9.17, 15) is 9.90 Å². The Hall–Kier alpha value is -0.610. The van der Waals surface area contributed by atoms with Gasteiger partial charge in [-0.1, -0.05) is 0 Å². The van der Waals surface area contributed by atoms with Crippen molar-refractivity contribution in [2.75, 3.05) is 13.2 Å². The van der Waals surface area contributed by atoms with Crippen molar-refractivity contribution in [3.8, 4) is 0 Å². The average Bonchev–Trinajstić information content (AvgIpc) is 2.08. The van der Waals surface area contributed by atoms with Crippen molar-refractivity contribution in [3.63, 3.8) is 0 Å². The van der Waals surface area contributed by atoms with Gasteiger partial charge in [-0.2, -0.15) is 0 Å². The number of carbonyl (C=O) groups is 1. The Bertz CT molecular complexity index is 184. The summed E-state index contributed by atoms with van der Waals surface area (Å²) in [5, 5.41) is 9.39. The van der Waals surface area contributed by atoms with E-state index in [2.05, 4.69) is 0 Å². The lowest BCUT2D eigenvalue weighted by molar-refractivity contribution is -0.155. The maximum Gasteiger partial charge on any atom is 0.306 e. The largest absolute Gasteiger partial charge is 0.460 e. The molecule has 0 aliphatic heterocycles. The molecule has 1 atom stereocenters. The van der Waals surface area contributed by atoms with Gasteiger partial charge < -0.3 is 14.6 Å². The molecule has 4 nitrogen and oxygen atoms in total. The lowest BCUT2D eigenvalue weighted by Gasteiger charge is -2.19. The van der Waals surface area contributed by atoms with Crippen molar-refractivity contribution in [3.05, 3.63) is 0 Å². The third-order valence-corrected chi connectivity index (χ3v) is 1.62. The second-order valence-corrected chi connectivity index (χ2v) is 4.44. The lowest BCUT2D eigenvalue weighted by Crippen LogP contribution is -2.25. The van der Waals surface area contributed by atoms with E-state index >= 15 is 0 Å². The highest BCUT2D eigenvalue weighted by Crippen LogP contribution is 2.10. The van der Waals surface area contributed by atoms with Crippen LogP contribution in [0.3, 0.4) is 0 Å². The minimum atomic E-state index is -0.586. The lowest BCUT2D eigenvalue weighted by atomic mass is 10.1. The Labute approximate surface area is 91.6 Å². The van der Waals surface area contributed by atoms with E-state index in [-0.39, 0.29) is 19.0 Å². The highest BCUT2D eigenvalue weighted by molar-refractivity contribution is 5.69. The highest BCUT2D eigenvalue weighted by Gasteiger charge is 2.17. The van der Waals surface area contributed by atoms with Crippen LogP contribution in [0.5, 0.6) is 0 Å². The zero-order chi connectivity index (χ0) is 11.9. The summed E-state index contributed by atoms with van der Waals surface area (Å²) in [5.74, 6) is -0.280. The molecule has 4 heteroatoms. The van der Waals surface area contributed by atoms with E-state index in [1.54, 1.807) is 0 Å². The van der Waals surface area contributed by atoms with Gasteiger partial charge >= 0.3 is 5.97 Å².